The smallest absolute Gasteiger partial charge is 0.332 e. The van der Waals surface area contributed by atoms with E-state index in [9.17, 15) is 9.59 Å². The van der Waals surface area contributed by atoms with E-state index in [0.29, 0.717) is 30.6 Å². The lowest BCUT2D eigenvalue weighted by Gasteiger charge is -2.41. The Balaban J connectivity index is 1.14. The first-order chi connectivity index (χ1) is 19.5. The van der Waals surface area contributed by atoms with Crippen LogP contribution in [0.25, 0.3) is 11.1 Å². The van der Waals surface area contributed by atoms with Gasteiger partial charge in [0.1, 0.15) is 5.54 Å². The van der Waals surface area contributed by atoms with Gasteiger partial charge in [0.15, 0.2) is 0 Å². The van der Waals surface area contributed by atoms with Crippen LogP contribution in [0.15, 0.2) is 72.8 Å². The molecule has 0 aromatic heterocycles. The number of likely N-dealkylation sites (N-methyl/N-ethyl adjacent to an activating group) is 1. The second-order valence-corrected chi connectivity index (χ2v) is 11.1. The monoisotopic (exact) mass is 533 g/mol. The Morgan fingerprint density at radius 3 is 1.93 bits per heavy atom. The summed E-state index contributed by atoms with van der Waals surface area (Å²) >= 11 is 0. The predicted octanol–water partition coefficient (Wildman–Crippen LogP) is 5.65. The minimum atomic E-state index is -0.784. The summed E-state index contributed by atoms with van der Waals surface area (Å²) in [5, 5.41) is 9.05. The van der Waals surface area contributed by atoms with Crippen molar-refractivity contribution in [2.45, 2.75) is 44.7 Å². The number of benzene rings is 3. The summed E-state index contributed by atoms with van der Waals surface area (Å²) in [6.45, 7) is 7.15. The molecule has 3 aromatic rings. The summed E-state index contributed by atoms with van der Waals surface area (Å²) in [6.07, 6.45) is 3.82. The van der Waals surface area contributed by atoms with E-state index in [0.717, 1.165) is 43.9 Å². The van der Waals surface area contributed by atoms with E-state index >= 15 is 0 Å². The highest BCUT2D eigenvalue weighted by molar-refractivity contribution is 6.23. The van der Waals surface area contributed by atoms with Crippen LogP contribution in [0.3, 0.4) is 0 Å². The summed E-state index contributed by atoms with van der Waals surface area (Å²) in [5.41, 5.74) is 4.96. The molecule has 1 spiro atoms. The molecule has 3 saturated heterocycles. The molecule has 0 N–H and O–H groups in total. The summed E-state index contributed by atoms with van der Waals surface area (Å²) in [6, 6.07) is 25.7. The van der Waals surface area contributed by atoms with Gasteiger partial charge >= 0.3 is 6.03 Å². The standard InChI is InChI=1S/C33H35N5O2/c1-2-37-32(40)38(30-15-11-28(12-16-30)27-9-5-25(23-34)6-10-27)31(39)33(37)17-21-35(22-18-33)24-26-7-13-29(14-8-26)36-19-3-4-20-36/h5-16H,2-4,17-22,24H2,1H3. The number of nitriles is 1. The van der Waals surface area contributed by atoms with Gasteiger partial charge in [0.25, 0.3) is 5.91 Å². The zero-order valence-corrected chi connectivity index (χ0v) is 23.1. The number of hydrogen-bond acceptors (Lipinski definition) is 5. The Morgan fingerprint density at radius 1 is 0.775 bits per heavy atom. The number of piperidine rings is 1. The van der Waals surface area contributed by atoms with Crippen molar-refractivity contribution in [3.05, 3.63) is 83.9 Å². The van der Waals surface area contributed by atoms with Crippen LogP contribution < -0.4 is 9.80 Å². The quantitative estimate of drug-likeness (QED) is 0.383. The Labute approximate surface area is 236 Å². The summed E-state index contributed by atoms with van der Waals surface area (Å²) in [7, 11) is 0. The van der Waals surface area contributed by atoms with Gasteiger partial charge < -0.3 is 9.80 Å². The molecule has 0 radical (unpaired) electrons. The van der Waals surface area contributed by atoms with Crippen molar-refractivity contribution in [2.24, 2.45) is 0 Å². The largest absolute Gasteiger partial charge is 0.372 e. The van der Waals surface area contributed by atoms with Gasteiger partial charge in [-0.1, -0.05) is 36.4 Å². The Kier molecular flexibility index (Phi) is 7.03. The zero-order valence-electron chi connectivity index (χ0n) is 23.1. The van der Waals surface area contributed by atoms with Gasteiger partial charge in [-0.3, -0.25) is 9.69 Å². The molecule has 3 aromatic carbocycles. The highest BCUT2D eigenvalue weighted by atomic mass is 16.2. The number of urea groups is 1. The molecular weight excluding hydrogens is 498 g/mol. The molecule has 7 heteroatoms. The zero-order chi connectivity index (χ0) is 27.7. The average Bonchev–Trinajstić information content (AvgIpc) is 3.60. The lowest BCUT2D eigenvalue weighted by molar-refractivity contribution is -0.127. The maximum absolute atomic E-state index is 13.9. The number of amides is 3. The first-order valence-corrected chi connectivity index (χ1v) is 14.4. The maximum atomic E-state index is 13.9. The van der Waals surface area contributed by atoms with Crippen LogP contribution in [-0.4, -0.2) is 60.0 Å². The molecule has 3 fully saturated rings. The van der Waals surface area contributed by atoms with Crippen molar-refractivity contribution >= 4 is 23.3 Å². The van der Waals surface area contributed by atoms with E-state index in [-0.39, 0.29) is 11.9 Å². The molecule has 3 aliphatic heterocycles. The lowest BCUT2D eigenvalue weighted by Crippen LogP contribution is -2.56. The number of likely N-dealkylation sites (tertiary alicyclic amines) is 1. The molecule has 3 aliphatic rings. The van der Waals surface area contributed by atoms with Crippen LogP contribution >= 0.6 is 0 Å². The molecule has 7 nitrogen and oxygen atoms in total. The molecule has 0 unspecified atom stereocenters. The number of carbonyl (C=O) groups excluding carboxylic acids is 2. The van der Waals surface area contributed by atoms with Crippen LogP contribution in [-0.2, 0) is 11.3 Å². The Hall–Kier alpha value is -4.15. The van der Waals surface area contributed by atoms with Crippen LogP contribution in [0.4, 0.5) is 16.2 Å². The lowest BCUT2D eigenvalue weighted by atomic mass is 9.85. The Bertz CT molecular complexity index is 1410. The minimum absolute atomic E-state index is 0.111. The number of carbonyl (C=O) groups is 2. The van der Waals surface area contributed by atoms with Crippen molar-refractivity contribution in [1.82, 2.24) is 9.80 Å². The van der Waals surface area contributed by atoms with Crippen LogP contribution in [0.2, 0.25) is 0 Å². The summed E-state index contributed by atoms with van der Waals surface area (Å²) in [4.78, 5) is 35.5. The maximum Gasteiger partial charge on any atom is 0.332 e. The third-order valence-electron chi connectivity index (χ3n) is 8.83. The van der Waals surface area contributed by atoms with E-state index in [4.69, 9.17) is 5.26 Å². The fourth-order valence-corrected chi connectivity index (χ4v) is 6.53. The number of hydrogen-bond donors (Lipinski definition) is 0. The first kappa shape index (κ1) is 26.1. The van der Waals surface area contributed by atoms with Crippen molar-refractivity contribution in [3.8, 4) is 17.2 Å². The molecule has 3 heterocycles. The molecule has 6 rings (SSSR count). The van der Waals surface area contributed by atoms with E-state index in [1.54, 1.807) is 17.0 Å². The topological polar surface area (TPSA) is 70.9 Å². The number of imide groups is 1. The fraction of sp³-hybridized carbons (Fsp3) is 0.364. The SMILES string of the molecule is CCN1C(=O)N(c2ccc(-c3ccc(C#N)cc3)cc2)C(=O)C12CCN(Cc1ccc(N3CCCC3)cc1)CC2. The minimum Gasteiger partial charge on any atom is -0.372 e. The van der Waals surface area contributed by atoms with E-state index in [2.05, 4.69) is 40.1 Å². The summed E-state index contributed by atoms with van der Waals surface area (Å²) < 4.78 is 0. The third kappa shape index (κ3) is 4.63. The van der Waals surface area contributed by atoms with Gasteiger partial charge in [-0.2, -0.15) is 5.26 Å². The second-order valence-electron chi connectivity index (χ2n) is 11.1. The van der Waals surface area contributed by atoms with Crippen LogP contribution in [0.1, 0.15) is 43.7 Å². The normalized spacial score (nSPS) is 19.1. The number of rotatable bonds is 6. The third-order valence-corrected chi connectivity index (χ3v) is 8.83. The van der Waals surface area contributed by atoms with Crippen LogP contribution in [0.5, 0.6) is 0 Å². The first-order valence-electron chi connectivity index (χ1n) is 14.4. The van der Waals surface area contributed by atoms with E-state index < -0.39 is 5.54 Å². The molecule has 0 saturated carbocycles. The molecule has 0 bridgehead atoms. The molecule has 0 atom stereocenters. The van der Waals surface area contributed by atoms with Crippen molar-refractivity contribution in [2.75, 3.05) is 42.5 Å². The predicted molar refractivity (Wildman–Crippen MR) is 157 cm³/mol. The molecule has 0 aliphatic carbocycles. The molecular formula is C33H35N5O2. The van der Waals surface area contributed by atoms with Crippen molar-refractivity contribution < 1.29 is 9.59 Å². The van der Waals surface area contributed by atoms with Gasteiger partial charge in [-0.15, -0.1) is 0 Å². The van der Waals surface area contributed by atoms with Gasteiger partial charge in [-0.05, 0) is 85.7 Å². The van der Waals surface area contributed by atoms with Gasteiger partial charge in [0.2, 0.25) is 0 Å². The molecule has 40 heavy (non-hydrogen) atoms. The molecule has 204 valence electrons. The van der Waals surface area contributed by atoms with Crippen LogP contribution in [0, 0.1) is 11.3 Å². The highest BCUT2D eigenvalue weighted by Crippen LogP contribution is 2.40. The van der Waals surface area contributed by atoms with Crippen molar-refractivity contribution in [1.29, 1.82) is 5.26 Å². The number of anilines is 2. The average molecular weight is 534 g/mol. The van der Waals surface area contributed by atoms with Gasteiger partial charge in [0.05, 0.1) is 17.3 Å². The summed E-state index contributed by atoms with van der Waals surface area (Å²) in [5.74, 6) is -0.111. The van der Waals surface area contributed by atoms with Gasteiger partial charge in [0, 0.05) is 45.0 Å². The van der Waals surface area contributed by atoms with E-state index in [1.165, 1.54) is 29.0 Å². The fourth-order valence-electron chi connectivity index (χ4n) is 6.53. The number of nitrogens with zero attached hydrogens (tertiary/aromatic N) is 5. The van der Waals surface area contributed by atoms with Gasteiger partial charge in [-0.25, -0.2) is 9.69 Å². The second kappa shape index (κ2) is 10.8. The molecule has 3 amide bonds. The van der Waals surface area contributed by atoms with E-state index in [1.807, 2.05) is 43.3 Å². The highest BCUT2D eigenvalue weighted by Gasteiger charge is 2.57. The Morgan fingerprint density at radius 2 is 1.35 bits per heavy atom. The van der Waals surface area contributed by atoms with Crippen molar-refractivity contribution in [3.63, 3.8) is 0 Å².